The number of rotatable bonds is 3. The minimum absolute atomic E-state index is 0.0947. The molecule has 1 unspecified atom stereocenters. The van der Waals surface area contributed by atoms with E-state index in [1.807, 2.05) is 11.6 Å². The van der Waals surface area contributed by atoms with E-state index in [9.17, 15) is 13.2 Å². The second kappa shape index (κ2) is 6.21. The third-order valence-electron chi connectivity index (χ3n) is 3.01. The smallest absolute Gasteiger partial charge is 0.246 e. The van der Waals surface area contributed by atoms with Gasteiger partial charge in [-0.1, -0.05) is 36.2 Å². The van der Waals surface area contributed by atoms with Gasteiger partial charge in [0, 0.05) is 12.1 Å². The number of carbonyl (C=O) groups is 1. The standard InChI is InChI=1S/C12H13Cl2N3O3S/c1-2-8-6-15-17(7-8)12(18)16-21(19,20)10-5-3-4-9(13)11(10)14/h3-6,8H,2,7H2,1H3,(H,16,18). The molecule has 0 saturated carbocycles. The molecule has 2 amide bonds. The van der Waals surface area contributed by atoms with E-state index in [1.54, 1.807) is 6.21 Å². The average molecular weight is 350 g/mol. The normalized spacial score (nSPS) is 18.0. The molecule has 0 saturated heterocycles. The molecule has 0 aromatic heterocycles. The van der Waals surface area contributed by atoms with Crippen LogP contribution in [-0.4, -0.2) is 32.2 Å². The first-order chi connectivity index (χ1) is 9.85. The molecule has 1 aromatic rings. The van der Waals surface area contributed by atoms with Gasteiger partial charge in [-0.15, -0.1) is 0 Å². The molecular weight excluding hydrogens is 337 g/mol. The van der Waals surface area contributed by atoms with E-state index in [2.05, 4.69) is 5.10 Å². The van der Waals surface area contributed by atoms with Gasteiger partial charge in [0.05, 0.1) is 16.6 Å². The first-order valence-corrected chi connectivity index (χ1v) is 8.41. The molecular formula is C12H13Cl2N3O3S. The summed E-state index contributed by atoms with van der Waals surface area (Å²) < 4.78 is 26.3. The highest BCUT2D eigenvalue weighted by molar-refractivity contribution is 7.90. The topological polar surface area (TPSA) is 78.8 Å². The number of hydrazone groups is 1. The molecule has 0 radical (unpaired) electrons. The number of sulfonamides is 1. The minimum Gasteiger partial charge on any atom is -0.246 e. The van der Waals surface area contributed by atoms with Crippen LogP contribution in [0.1, 0.15) is 13.3 Å². The summed E-state index contributed by atoms with van der Waals surface area (Å²) in [5.74, 6) is 0.133. The van der Waals surface area contributed by atoms with E-state index in [4.69, 9.17) is 23.2 Å². The highest BCUT2D eigenvalue weighted by Gasteiger charge is 2.27. The highest BCUT2D eigenvalue weighted by atomic mass is 35.5. The monoisotopic (exact) mass is 349 g/mol. The van der Waals surface area contributed by atoms with Crippen LogP contribution in [0.4, 0.5) is 4.79 Å². The van der Waals surface area contributed by atoms with Crippen molar-refractivity contribution in [2.45, 2.75) is 18.2 Å². The van der Waals surface area contributed by atoms with Crippen molar-refractivity contribution in [2.75, 3.05) is 6.54 Å². The van der Waals surface area contributed by atoms with Crippen LogP contribution in [-0.2, 0) is 10.0 Å². The number of hydrogen-bond donors (Lipinski definition) is 1. The van der Waals surface area contributed by atoms with Gasteiger partial charge >= 0.3 is 6.03 Å². The van der Waals surface area contributed by atoms with Crippen molar-refractivity contribution in [1.82, 2.24) is 9.73 Å². The van der Waals surface area contributed by atoms with Crippen LogP contribution in [0.15, 0.2) is 28.2 Å². The summed E-state index contributed by atoms with van der Waals surface area (Å²) in [5, 5.41) is 4.92. The van der Waals surface area contributed by atoms with Crippen molar-refractivity contribution in [3.8, 4) is 0 Å². The maximum atomic E-state index is 12.2. The molecule has 114 valence electrons. The van der Waals surface area contributed by atoms with E-state index in [0.717, 1.165) is 11.4 Å². The van der Waals surface area contributed by atoms with Crippen LogP contribution in [0.25, 0.3) is 0 Å². The molecule has 1 heterocycles. The van der Waals surface area contributed by atoms with Crippen molar-refractivity contribution < 1.29 is 13.2 Å². The quantitative estimate of drug-likeness (QED) is 0.910. The summed E-state index contributed by atoms with van der Waals surface area (Å²) in [6.45, 7) is 2.31. The molecule has 1 aromatic carbocycles. The van der Waals surface area contributed by atoms with Crippen LogP contribution in [0.2, 0.25) is 10.0 Å². The van der Waals surface area contributed by atoms with Crippen molar-refractivity contribution >= 4 is 45.5 Å². The third-order valence-corrected chi connectivity index (χ3v) is 5.30. The summed E-state index contributed by atoms with van der Waals surface area (Å²) in [4.78, 5) is 11.7. The summed E-state index contributed by atoms with van der Waals surface area (Å²) in [6, 6.07) is 3.35. The third kappa shape index (κ3) is 3.48. The zero-order valence-corrected chi connectivity index (χ0v) is 13.4. The Kier molecular flexibility index (Phi) is 4.75. The van der Waals surface area contributed by atoms with Crippen LogP contribution >= 0.6 is 23.2 Å². The van der Waals surface area contributed by atoms with Crippen LogP contribution in [0.3, 0.4) is 0 Å². The molecule has 9 heteroatoms. The highest BCUT2D eigenvalue weighted by Crippen LogP contribution is 2.28. The van der Waals surface area contributed by atoms with Crippen molar-refractivity contribution in [3.05, 3.63) is 28.2 Å². The molecule has 21 heavy (non-hydrogen) atoms. The number of hydrogen-bond acceptors (Lipinski definition) is 4. The van der Waals surface area contributed by atoms with Gasteiger partial charge in [-0.25, -0.2) is 22.9 Å². The summed E-state index contributed by atoms with van der Waals surface area (Å²) in [7, 11) is -4.11. The van der Waals surface area contributed by atoms with Gasteiger partial charge in [0.15, 0.2) is 0 Å². The molecule has 1 aliphatic rings. The average Bonchev–Trinajstić information content (AvgIpc) is 2.90. The second-order valence-corrected chi connectivity index (χ2v) is 6.91. The van der Waals surface area contributed by atoms with E-state index >= 15 is 0 Å². The molecule has 0 aliphatic carbocycles. The predicted molar refractivity (Wildman–Crippen MR) is 81.2 cm³/mol. The number of nitrogens with one attached hydrogen (secondary N) is 1. The lowest BCUT2D eigenvalue weighted by molar-refractivity contribution is 0.207. The Hall–Kier alpha value is -1.31. The fourth-order valence-corrected chi connectivity index (χ4v) is 3.49. The van der Waals surface area contributed by atoms with E-state index < -0.39 is 16.1 Å². The Morgan fingerprint density at radius 3 is 2.81 bits per heavy atom. The molecule has 1 atom stereocenters. The van der Waals surface area contributed by atoms with Crippen LogP contribution in [0.5, 0.6) is 0 Å². The molecule has 1 N–H and O–H groups in total. The Morgan fingerprint density at radius 2 is 2.19 bits per heavy atom. The zero-order chi connectivity index (χ0) is 15.6. The van der Waals surface area contributed by atoms with E-state index in [0.29, 0.717) is 6.54 Å². The van der Waals surface area contributed by atoms with Gasteiger partial charge < -0.3 is 0 Å². The largest absolute Gasteiger partial charge is 0.351 e. The summed E-state index contributed by atoms with van der Waals surface area (Å²) >= 11 is 11.6. The summed E-state index contributed by atoms with van der Waals surface area (Å²) in [5.41, 5.74) is 0. The van der Waals surface area contributed by atoms with E-state index in [-0.39, 0.29) is 20.9 Å². The molecule has 2 rings (SSSR count). The molecule has 1 aliphatic heterocycles. The van der Waals surface area contributed by atoms with Gasteiger partial charge in [-0.2, -0.15) is 5.10 Å². The van der Waals surface area contributed by atoms with Gasteiger partial charge in [-0.05, 0) is 18.6 Å². The van der Waals surface area contributed by atoms with Crippen LogP contribution < -0.4 is 4.72 Å². The van der Waals surface area contributed by atoms with Gasteiger partial charge in [0.1, 0.15) is 4.90 Å². The first kappa shape index (κ1) is 16.1. The lowest BCUT2D eigenvalue weighted by Crippen LogP contribution is -2.40. The number of nitrogens with zero attached hydrogens (tertiary/aromatic N) is 2. The fraction of sp³-hybridized carbons (Fsp3) is 0.333. The Balaban J connectivity index is 2.17. The van der Waals surface area contributed by atoms with Gasteiger partial charge in [0.25, 0.3) is 10.0 Å². The van der Waals surface area contributed by atoms with Gasteiger partial charge in [0.2, 0.25) is 0 Å². The Bertz CT molecular complexity index is 691. The first-order valence-electron chi connectivity index (χ1n) is 6.17. The molecule has 0 bridgehead atoms. The number of urea groups is 1. The van der Waals surface area contributed by atoms with Crippen molar-refractivity contribution in [1.29, 1.82) is 0 Å². The molecule has 0 fully saturated rings. The predicted octanol–water partition coefficient (Wildman–Crippen LogP) is 2.72. The number of halogens is 2. The second-order valence-electron chi connectivity index (χ2n) is 4.48. The number of benzene rings is 1. The number of amides is 2. The number of carbonyl (C=O) groups excluding carboxylic acids is 1. The molecule has 0 spiro atoms. The zero-order valence-electron chi connectivity index (χ0n) is 11.1. The Morgan fingerprint density at radius 1 is 1.48 bits per heavy atom. The lowest BCUT2D eigenvalue weighted by Gasteiger charge is -2.15. The van der Waals surface area contributed by atoms with Crippen molar-refractivity contribution in [2.24, 2.45) is 11.0 Å². The van der Waals surface area contributed by atoms with E-state index in [1.165, 1.54) is 18.2 Å². The minimum atomic E-state index is -4.11. The van der Waals surface area contributed by atoms with Gasteiger partial charge in [-0.3, -0.25) is 0 Å². The maximum Gasteiger partial charge on any atom is 0.351 e. The SMILES string of the molecule is CCC1C=NN(C(=O)NS(=O)(=O)c2cccc(Cl)c2Cl)C1. The summed E-state index contributed by atoms with van der Waals surface area (Å²) in [6.07, 6.45) is 2.44. The Labute approximate surface area is 132 Å². The maximum absolute atomic E-state index is 12.2. The fourth-order valence-electron chi connectivity index (χ4n) is 1.78. The lowest BCUT2D eigenvalue weighted by atomic mass is 10.1. The molecule has 6 nitrogen and oxygen atoms in total. The van der Waals surface area contributed by atoms with Crippen LogP contribution in [0, 0.1) is 5.92 Å². The van der Waals surface area contributed by atoms with Crippen molar-refractivity contribution in [3.63, 3.8) is 0 Å².